The predicted octanol–water partition coefficient (Wildman–Crippen LogP) is 3.09. The topological polar surface area (TPSA) is 96.5 Å². The molecule has 0 aliphatic heterocycles. The Hall–Kier alpha value is -3.74. The highest BCUT2D eigenvalue weighted by atomic mass is 16.5. The molecule has 0 aliphatic carbocycles. The van der Waals surface area contributed by atoms with Crippen LogP contribution in [0.2, 0.25) is 0 Å². The van der Waals surface area contributed by atoms with Gasteiger partial charge in [-0.25, -0.2) is 4.79 Å². The lowest BCUT2D eigenvalue weighted by molar-refractivity contribution is 0.0602. The first-order chi connectivity index (χ1) is 13.8. The van der Waals surface area contributed by atoms with Crippen LogP contribution in [0.5, 0.6) is 0 Å². The van der Waals surface area contributed by atoms with Gasteiger partial charge in [-0.05, 0) is 19.1 Å². The van der Waals surface area contributed by atoms with Crippen molar-refractivity contribution in [2.24, 2.45) is 0 Å². The van der Waals surface area contributed by atoms with Crippen molar-refractivity contribution < 1.29 is 23.9 Å². The largest absolute Gasteiger partial charge is 0.465 e. The standard InChI is InChI=1S/C22H20N2O5/c1-12(25)13-8-10-14(11-9-13)20(26)18-17-15(22(28)29-4)6-5-7-16(17)23-19(18)21(27)24(2)3/h5-11,23H,1-4H3. The lowest BCUT2D eigenvalue weighted by Gasteiger charge is -2.11. The summed E-state index contributed by atoms with van der Waals surface area (Å²) in [6.07, 6.45) is 0. The van der Waals surface area contributed by atoms with Crippen LogP contribution in [0.15, 0.2) is 42.5 Å². The first-order valence-corrected chi connectivity index (χ1v) is 8.86. The number of aromatic nitrogens is 1. The van der Waals surface area contributed by atoms with Crippen LogP contribution < -0.4 is 0 Å². The second-order valence-electron chi connectivity index (χ2n) is 6.76. The Bertz CT molecular complexity index is 1140. The van der Waals surface area contributed by atoms with E-state index < -0.39 is 17.7 Å². The van der Waals surface area contributed by atoms with Gasteiger partial charge in [-0.15, -0.1) is 0 Å². The number of ketones is 2. The Balaban J connectivity index is 2.29. The average Bonchev–Trinajstić information content (AvgIpc) is 3.11. The van der Waals surface area contributed by atoms with Crippen LogP contribution in [0.25, 0.3) is 10.9 Å². The Morgan fingerprint density at radius 2 is 1.55 bits per heavy atom. The number of rotatable bonds is 5. The average molecular weight is 392 g/mol. The molecule has 2 aromatic carbocycles. The number of aromatic amines is 1. The van der Waals surface area contributed by atoms with Crippen molar-refractivity contribution in [3.8, 4) is 0 Å². The van der Waals surface area contributed by atoms with Gasteiger partial charge < -0.3 is 14.6 Å². The molecule has 0 aliphatic rings. The van der Waals surface area contributed by atoms with Gasteiger partial charge in [0, 0.05) is 36.1 Å². The highest BCUT2D eigenvalue weighted by molar-refractivity contribution is 6.25. The van der Waals surface area contributed by atoms with Gasteiger partial charge in [0.25, 0.3) is 5.91 Å². The van der Waals surface area contributed by atoms with Crippen LogP contribution in [0.1, 0.15) is 54.0 Å². The third kappa shape index (κ3) is 3.54. The number of fused-ring (bicyclic) bond motifs is 1. The van der Waals surface area contributed by atoms with E-state index in [1.165, 1.54) is 31.1 Å². The molecule has 7 heteroatoms. The first-order valence-electron chi connectivity index (χ1n) is 8.86. The van der Waals surface area contributed by atoms with Crippen LogP contribution in [0.3, 0.4) is 0 Å². The zero-order valence-electron chi connectivity index (χ0n) is 16.5. The number of hydrogen-bond donors (Lipinski definition) is 1. The number of nitrogens with one attached hydrogen (secondary N) is 1. The number of methoxy groups -OCH3 is 1. The fraction of sp³-hybridized carbons (Fsp3) is 0.182. The van der Waals surface area contributed by atoms with Crippen LogP contribution >= 0.6 is 0 Å². The minimum absolute atomic E-state index is 0.0852. The summed E-state index contributed by atoms with van der Waals surface area (Å²) in [7, 11) is 4.40. The van der Waals surface area contributed by atoms with Crippen molar-refractivity contribution in [1.82, 2.24) is 9.88 Å². The molecule has 0 atom stereocenters. The van der Waals surface area contributed by atoms with Gasteiger partial charge in [-0.1, -0.05) is 30.3 Å². The van der Waals surface area contributed by atoms with E-state index in [-0.39, 0.29) is 22.6 Å². The molecule has 0 fully saturated rings. The maximum atomic E-state index is 13.4. The molecule has 3 aromatic rings. The quantitative estimate of drug-likeness (QED) is 0.532. The molecule has 0 saturated heterocycles. The summed E-state index contributed by atoms with van der Waals surface area (Å²) in [6, 6.07) is 11.0. The first kappa shape index (κ1) is 20.0. The van der Waals surface area contributed by atoms with Crippen LogP contribution in [0, 0.1) is 0 Å². The number of carbonyl (C=O) groups excluding carboxylic acids is 4. The minimum Gasteiger partial charge on any atom is -0.465 e. The molecule has 0 bridgehead atoms. The van der Waals surface area contributed by atoms with Crippen molar-refractivity contribution in [1.29, 1.82) is 0 Å². The van der Waals surface area contributed by atoms with Crippen molar-refractivity contribution in [3.63, 3.8) is 0 Å². The number of hydrogen-bond acceptors (Lipinski definition) is 5. The number of amides is 1. The molecular formula is C22H20N2O5. The van der Waals surface area contributed by atoms with E-state index in [0.29, 0.717) is 22.0 Å². The molecule has 0 unspecified atom stereocenters. The van der Waals surface area contributed by atoms with Crippen molar-refractivity contribution >= 4 is 34.3 Å². The van der Waals surface area contributed by atoms with Gasteiger partial charge >= 0.3 is 5.97 Å². The molecule has 1 N–H and O–H groups in total. The fourth-order valence-electron chi connectivity index (χ4n) is 3.14. The second-order valence-corrected chi connectivity index (χ2v) is 6.76. The van der Waals surface area contributed by atoms with E-state index in [4.69, 9.17) is 4.74 Å². The van der Waals surface area contributed by atoms with Gasteiger partial charge in [-0.2, -0.15) is 0 Å². The minimum atomic E-state index is -0.612. The molecule has 3 rings (SSSR count). The number of carbonyl (C=O) groups is 4. The second kappa shape index (κ2) is 7.71. The number of nitrogens with zero attached hydrogens (tertiary/aromatic N) is 1. The summed E-state index contributed by atoms with van der Waals surface area (Å²) in [5.41, 5.74) is 1.60. The molecule has 148 valence electrons. The van der Waals surface area contributed by atoms with Gasteiger partial charge in [0.05, 0.1) is 18.2 Å². The number of H-pyrrole nitrogens is 1. The van der Waals surface area contributed by atoms with E-state index >= 15 is 0 Å². The smallest absolute Gasteiger partial charge is 0.338 e. The monoisotopic (exact) mass is 392 g/mol. The fourth-order valence-corrected chi connectivity index (χ4v) is 3.14. The molecule has 0 spiro atoms. The maximum absolute atomic E-state index is 13.4. The highest BCUT2D eigenvalue weighted by Crippen LogP contribution is 2.29. The highest BCUT2D eigenvalue weighted by Gasteiger charge is 2.28. The molecular weight excluding hydrogens is 372 g/mol. The molecule has 1 amide bonds. The van der Waals surface area contributed by atoms with Gasteiger partial charge in [0.15, 0.2) is 11.6 Å². The molecule has 7 nitrogen and oxygen atoms in total. The summed E-state index contributed by atoms with van der Waals surface area (Å²) in [5.74, 6) is -1.57. The molecule has 29 heavy (non-hydrogen) atoms. The van der Waals surface area contributed by atoms with E-state index in [1.807, 2.05) is 0 Å². The van der Waals surface area contributed by atoms with Crippen LogP contribution in [-0.2, 0) is 4.74 Å². The van der Waals surface area contributed by atoms with E-state index in [0.717, 1.165) is 0 Å². The summed E-state index contributed by atoms with van der Waals surface area (Å²) in [6.45, 7) is 1.44. The predicted molar refractivity (Wildman–Crippen MR) is 108 cm³/mol. The van der Waals surface area contributed by atoms with Gasteiger partial charge in [-0.3, -0.25) is 14.4 Å². The SMILES string of the molecule is COC(=O)c1cccc2[nH]c(C(=O)N(C)C)c(C(=O)c3ccc(C(C)=O)cc3)c12. The van der Waals surface area contributed by atoms with Crippen LogP contribution in [0.4, 0.5) is 0 Å². The Kier molecular flexibility index (Phi) is 5.32. The van der Waals surface area contributed by atoms with Gasteiger partial charge in [0.2, 0.25) is 0 Å². The normalized spacial score (nSPS) is 10.6. The summed E-state index contributed by atoms with van der Waals surface area (Å²) >= 11 is 0. The molecule has 1 aromatic heterocycles. The lowest BCUT2D eigenvalue weighted by atomic mass is 9.96. The lowest BCUT2D eigenvalue weighted by Crippen LogP contribution is -2.24. The number of Topliss-reactive ketones (excluding diaryl/α,β-unsaturated/α-hetero) is 1. The Morgan fingerprint density at radius 1 is 0.931 bits per heavy atom. The van der Waals surface area contributed by atoms with E-state index in [1.54, 1.807) is 44.4 Å². The Labute approximate surface area is 167 Å². The molecule has 0 radical (unpaired) electrons. The number of esters is 1. The van der Waals surface area contributed by atoms with Crippen molar-refractivity contribution in [2.45, 2.75) is 6.92 Å². The number of benzene rings is 2. The molecule has 0 saturated carbocycles. The Morgan fingerprint density at radius 3 is 2.10 bits per heavy atom. The molecule has 1 heterocycles. The van der Waals surface area contributed by atoms with Gasteiger partial charge in [0.1, 0.15) is 5.69 Å². The third-order valence-electron chi connectivity index (χ3n) is 4.63. The van der Waals surface area contributed by atoms with E-state index in [9.17, 15) is 19.2 Å². The van der Waals surface area contributed by atoms with Crippen molar-refractivity contribution in [3.05, 3.63) is 70.4 Å². The van der Waals surface area contributed by atoms with Crippen LogP contribution in [-0.4, -0.2) is 54.5 Å². The zero-order valence-corrected chi connectivity index (χ0v) is 16.5. The summed E-state index contributed by atoms with van der Waals surface area (Å²) in [4.78, 5) is 54.2. The third-order valence-corrected chi connectivity index (χ3v) is 4.63. The van der Waals surface area contributed by atoms with E-state index in [2.05, 4.69) is 4.98 Å². The summed E-state index contributed by atoms with van der Waals surface area (Å²) in [5, 5.41) is 0.324. The number of ether oxygens (including phenoxy) is 1. The maximum Gasteiger partial charge on any atom is 0.338 e. The zero-order chi connectivity index (χ0) is 21.3. The van der Waals surface area contributed by atoms with Crippen molar-refractivity contribution in [2.75, 3.05) is 21.2 Å². The summed E-state index contributed by atoms with van der Waals surface area (Å²) < 4.78 is 4.85.